The first-order chi connectivity index (χ1) is 8.92. The van der Waals surface area contributed by atoms with Crippen LogP contribution >= 0.6 is 11.3 Å². The normalized spacial score (nSPS) is 11.5. The smallest absolute Gasteiger partial charge is 0.266 e. The molecule has 0 aliphatic carbocycles. The van der Waals surface area contributed by atoms with E-state index in [-0.39, 0.29) is 11.7 Å². The van der Waals surface area contributed by atoms with E-state index in [1.165, 1.54) is 12.3 Å². The molecule has 1 heterocycles. The quantitative estimate of drug-likeness (QED) is 0.904. The number of anilines is 1. The SMILES string of the molecule is Cc1cnc(NS(=O)(=O)c2ccc(CO)cc2F)s1. The Labute approximate surface area is 113 Å². The van der Waals surface area contributed by atoms with Crippen LogP contribution in [0.1, 0.15) is 10.4 Å². The monoisotopic (exact) mass is 302 g/mol. The molecule has 2 rings (SSSR count). The predicted molar refractivity (Wildman–Crippen MR) is 70.0 cm³/mol. The lowest BCUT2D eigenvalue weighted by molar-refractivity contribution is 0.281. The van der Waals surface area contributed by atoms with Gasteiger partial charge < -0.3 is 5.11 Å². The van der Waals surface area contributed by atoms with Gasteiger partial charge >= 0.3 is 0 Å². The molecule has 8 heteroatoms. The van der Waals surface area contributed by atoms with Crippen molar-refractivity contribution in [3.63, 3.8) is 0 Å². The van der Waals surface area contributed by atoms with Gasteiger partial charge in [0.1, 0.15) is 10.7 Å². The number of hydrogen-bond donors (Lipinski definition) is 2. The largest absolute Gasteiger partial charge is 0.392 e. The predicted octanol–water partition coefficient (Wildman–Crippen LogP) is 1.88. The van der Waals surface area contributed by atoms with Gasteiger partial charge in [-0.05, 0) is 24.6 Å². The van der Waals surface area contributed by atoms with Gasteiger partial charge in [0.15, 0.2) is 5.13 Å². The first kappa shape index (κ1) is 13.9. The maximum atomic E-state index is 13.7. The van der Waals surface area contributed by atoms with Gasteiger partial charge in [-0.2, -0.15) is 0 Å². The Kier molecular flexibility index (Phi) is 3.83. The molecule has 0 unspecified atom stereocenters. The topological polar surface area (TPSA) is 79.3 Å². The van der Waals surface area contributed by atoms with E-state index >= 15 is 0 Å². The summed E-state index contributed by atoms with van der Waals surface area (Å²) in [6.07, 6.45) is 1.52. The summed E-state index contributed by atoms with van der Waals surface area (Å²) >= 11 is 1.16. The van der Waals surface area contributed by atoms with Gasteiger partial charge in [0.25, 0.3) is 10.0 Å². The lowest BCUT2D eigenvalue weighted by Gasteiger charge is -2.07. The van der Waals surface area contributed by atoms with Crippen LogP contribution in [0.25, 0.3) is 0 Å². The molecule has 0 aliphatic rings. The third kappa shape index (κ3) is 3.09. The molecule has 2 aromatic rings. The van der Waals surface area contributed by atoms with E-state index in [0.29, 0.717) is 5.56 Å². The van der Waals surface area contributed by atoms with Crippen LogP contribution in [-0.4, -0.2) is 18.5 Å². The van der Waals surface area contributed by atoms with Crippen molar-refractivity contribution in [3.8, 4) is 0 Å². The Balaban J connectivity index is 2.34. The summed E-state index contributed by atoms with van der Waals surface area (Å²) in [6, 6.07) is 3.45. The third-order valence-electron chi connectivity index (χ3n) is 2.31. The number of nitrogens with one attached hydrogen (secondary N) is 1. The zero-order valence-electron chi connectivity index (χ0n) is 9.92. The summed E-state index contributed by atoms with van der Waals surface area (Å²) in [7, 11) is -4.01. The van der Waals surface area contributed by atoms with E-state index in [9.17, 15) is 12.8 Å². The van der Waals surface area contributed by atoms with Crippen molar-refractivity contribution < 1.29 is 17.9 Å². The maximum Gasteiger partial charge on any atom is 0.266 e. The Morgan fingerprint density at radius 3 is 2.74 bits per heavy atom. The highest BCUT2D eigenvalue weighted by molar-refractivity contribution is 7.93. The Hall–Kier alpha value is -1.51. The van der Waals surface area contributed by atoms with Crippen molar-refractivity contribution in [2.24, 2.45) is 0 Å². The van der Waals surface area contributed by atoms with Crippen molar-refractivity contribution in [1.29, 1.82) is 0 Å². The molecule has 102 valence electrons. The number of aromatic nitrogens is 1. The van der Waals surface area contributed by atoms with E-state index < -0.39 is 20.7 Å². The van der Waals surface area contributed by atoms with Crippen molar-refractivity contribution in [3.05, 3.63) is 40.7 Å². The Bertz CT molecular complexity index is 698. The fourth-order valence-corrected chi connectivity index (χ4v) is 3.40. The van der Waals surface area contributed by atoms with Crippen LogP contribution < -0.4 is 4.72 Å². The first-order valence-electron chi connectivity index (χ1n) is 5.27. The number of benzene rings is 1. The minimum atomic E-state index is -4.01. The van der Waals surface area contributed by atoms with E-state index in [4.69, 9.17) is 5.11 Å². The number of aryl methyl sites for hydroxylation is 1. The summed E-state index contributed by atoms with van der Waals surface area (Å²) in [6.45, 7) is 1.43. The molecule has 0 bridgehead atoms. The van der Waals surface area contributed by atoms with Crippen LogP contribution in [-0.2, 0) is 16.6 Å². The van der Waals surface area contributed by atoms with Crippen molar-refractivity contribution in [2.75, 3.05) is 4.72 Å². The van der Waals surface area contributed by atoms with Crippen molar-refractivity contribution in [1.82, 2.24) is 4.98 Å². The minimum absolute atomic E-state index is 0.183. The third-order valence-corrected chi connectivity index (χ3v) is 4.64. The summed E-state index contributed by atoms with van der Waals surface area (Å²) in [5, 5.41) is 9.04. The molecule has 5 nitrogen and oxygen atoms in total. The van der Waals surface area contributed by atoms with Gasteiger partial charge in [0, 0.05) is 11.1 Å². The maximum absolute atomic E-state index is 13.7. The fraction of sp³-hybridized carbons (Fsp3) is 0.182. The van der Waals surface area contributed by atoms with Crippen LogP contribution in [0.4, 0.5) is 9.52 Å². The van der Waals surface area contributed by atoms with Gasteiger partial charge in [0.05, 0.1) is 6.61 Å². The van der Waals surface area contributed by atoms with E-state index in [1.54, 1.807) is 6.92 Å². The highest BCUT2D eigenvalue weighted by Crippen LogP contribution is 2.23. The minimum Gasteiger partial charge on any atom is -0.392 e. The molecular formula is C11H11FN2O3S2. The molecule has 0 spiro atoms. The summed E-state index contributed by atoms with van der Waals surface area (Å²) in [4.78, 5) is 4.22. The molecule has 0 aliphatic heterocycles. The zero-order valence-corrected chi connectivity index (χ0v) is 11.6. The number of halogens is 1. The van der Waals surface area contributed by atoms with Gasteiger partial charge in [-0.3, -0.25) is 4.72 Å². The zero-order chi connectivity index (χ0) is 14.0. The average molecular weight is 302 g/mol. The van der Waals surface area contributed by atoms with Crippen LogP contribution in [0.5, 0.6) is 0 Å². The fourth-order valence-electron chi connectivity index (χ4n) is 1.43. The summed E-state index contributed by atoms with van der Waals surface area (Å²) in [5.74, 6) is -0.910. The van der Waals surface area contributed by atoms with Gasteiger partial charge in [-0.25, -0.2) is 17.8 Å². The second-order valence-corrected chi connectivity index (χ2v) is 6.69. The molecule has 0 radical (unpaired) electrons. The number of aliphatic hydroxyl groups excluding tert-OH is 1. The van der Waals surface area contributed by atoms with Crippen LogP contribution in [0.2, 0.25) is 0 Å². The molecule has 2 N–H and O–H groups in total. The molecule has 1 aromatic carbocycles. The highest BCUT2D eigenvalue weighted by Gasteiger charge is 2.20. The van der Waals surface area contributed by atoms with E-state index in [2.05, 4.69) is 9.71 Å². The lowest BCUT2D eigenvalue weighted by atomic mass is 10.2. The van der Waals surface area contributed by atoms with Gasteiger partial charge in [-0.15, -0.1) is 11.3 Å². The molecule has 0 saturated carbocycles. The molecule has 1 aromatic heterocycles. The standard InChI is InChI=1S/C11H11FN2O3S2/c1-7-5-13-11(18-7)14-19(16,17)10-3-2-8(6-15)4-9(10)12/h2-5,15H,6H2,1H3,(H,13,14). The number of thiazole rings is 1. The second kappa shape index (κ2) is 5.24. The number of nitrogens with zero attached hydrogens (tertiary/aromatic N) is 1. The molecule has 0 saturated heterocycles. The first-order valence-corrected chi connectivity index (χ1v) is 7.57. The van der Waals surface area contributed by atoms with Crippen LogP contribution in [0.3, 0.4) is 0 Å². The van der Waals surface area contributed by atoms with Crippen molar-refractivity contribution >= 4 is 26.5 Å². The number of aliphatic hydroxyl groups is 1. The second-order valence-electron chi connectivity index (χ2n) is 3.80. The summed E-state index contributed by atoms with van der Waals surface area (Å²) < 4.78 is 39.9. The van der Waals surface area contributed by atoms with Gasteiger partial charge in [-0.1, -0.05) is 6.07 Å². The number of sulfonamides is 1. The molecule has 0 fully saturated rings. The molecule has 19 heavy (non-hydrogen) atoms. The Morgan fingerprint density at radius 2 is 2.21 bits per heavy atom. The van der Waals surface area contributed by atoms with E-state index in [1.807, 2.05) is 0 Å². The van der Waals surface area contributed by atoms with E-state index in [0.717, 1.165) is 28.3 Å². The lowest BCUT2D eigenvalue weighted by Crippen LogP contribution is -2.14. The summed E-state index contributed by atoms with van der Waals surface area (Å²) in [5.41, 5.74) is 0.307. The van der Waals surface area contributed by atoms with Crippen LogP contribution in [0, 0.1) is 12.7 Å². The Morgan fingerprint density at radius 1 is 1.47 bits per heavy atom. The average Bonchev–Trinajstić information content (AvgIpc) is 2.73. The molecule has 0 amide bonds. The highest BCUT2D eigenvalue weighted by atomic mass is 32.2. The number of rotatable bonds is 4. The van der Waals surface area contributed by atoms with Gasteiger partial charge in [0.2, 0.25) is 0 Å². The van der Waals surface area contributed by atoms with Crippen LogP contribution in [0.15, 0.2) is 29.3 Å². The number of hydrogen-bond acceptors (Lipinski definition) is 5. The molecular weight excluding hydrogens is 291 g/mol. The molecule has 0 atom stereocenters. The van der Waals surface area contributed by atoms with Crippen molar-refractivity contribution in [2.45, 2.75) is 18.4 Å².